The van der Waals surface area contributed by atoms with Crippen LogP contribution in [0.15, 0.2) is 72.9 Å². The van der Waals surface area contributed by atoms with Gasteiger partial charge in [-0.05, 0) is 66.6 Å². The van der Waals surface area contributed by atoms with Crippen LogP contribution in [0.4, 0.5) is 5.69 Å². The molecule has 0 saturated carbocycles. The molecule has 220 valence electrons. The Morgan fingerprint density at radius 1 is 1.07 bits per heavy atom. The number of hydrogen-bond acceptors (Lipinski definition) is 5. The summed E-state index contributed by atoms with van der Waals surface area (Å²) < 4.78 is 5.31. The Morgan fingerprint density at radius 3 is 2.64 bits per heavy atom. The highest BCUT2D eigenvalue weighted by Crippen LogP contribution is 2.33. The molecule has 1 aliphatic heterocycles. The molecule has 8 nitrogen and oxygen atoms in total. The topological polar surface area (TPSA) is 107 Å². The first-order chi connectivity index (χ1) is 20.5. The van der Waals surface area contributed by atoms with E-state index in [4.69, 9.17) is 4.74 Å². The molecule has 0 radical (unpaired) electrons. The third-order valence-electron chi connectivity index (χ3n) is 8.01. The molecule has 0 spiro atoms. The number of benzene rings is 3. The largest absolute Gasteiger partial charge is 0.497 e. The van der Waals surface area contributed by atoms with Crippen LogP contribution < -0.4 is 20.3 Å². The van der Waals surface area contributed by atoms with E-state index in [1.165, 1.54) is 0 Å². The first-order valence-electron chi connectivity index (χ1n) is 14.8. The fourth-order valence-electron chi connectivity index (χ4n) is 5.66. The number of aryl methyl sites for hydroxylation is 1. The second-order valence-corrected chi connectivity index (χ2v) is 10.9. The number of ether oxygens (including phenoxy) is 1. The highest BCUT2D eigenvalue weighted by atomic mass is 16.5. The predicted molar refractivity (Wildman–Crippen MR) is 166 cm³/mol. The molecule has 0 bridgehead atoms. The number of anilines is 1. The number of hydrogen-bond donors (Lipinski definition) is 4. The molecule has 1 fully saturated rings. The van der Waals surface area contributed by atoms with Crippen LogP contribution in [-0.4, -0.2) is 54.2 Å². The Balaban J connectivity index is 1.38. The summed E-state index contributed by atoms with van der Waals surface area (Å²) >= 11 is 0. The molecule has 42 heavy (non-hydrogen) atoms. The van der Waals surface area contributed by atoms with Crippen LogP contribution in [-0.2, 0) is 24.2 Å². The summed E-state index contributed by atoms with van der Waals surface area (Å²) in [6.45, 7) is 3.55. The highest BCUT2D eigenvalue weighted by molar-refractivity contribution is 6.08. The van der Waals surface area contributed by atoms with Gasteiger partial charge in [-0.15, -0.1) is 0 Å². The van der Waals surface area contributed by atoms with Crippen LogP contribution in [0.5, 0.6) is 5.75 Å². The van der Waals surface area contributed by atoms with Gasteiger partial charge in [0.05, 0.1) is 30.5 Å². The van der Waals surface area contributed by atoms with Gasteiger partial charge in [0.25, 0.3) is 5.91 Å². The lowest BCUT2D eigenvalue weighted by Gasteiger charge is -2.28. The molecule has 2 amide bonds. The fourth-order valence-corrected chi connectivity index (χ4v) is 5.66. The molecule has 0 unspecified atom stereocenters. The Morgan fingerprint density at radius 2 is 1.88 bits per heavy atom. The van der Waals surface area contributed by atoms with Crippen LogP contribution in [0.3, 0.4) is 0 Å². The first-order valence-corrected chi connectivity index (χ1v) is 14.8. The zero-order valence-electron chi connectivity index (χ0n) is 24.4. The standard InChI is InChI=1S/C34H40N4O4/c1-3-25-21-36-33-28(25)18-26(19-30(33)38-15-8-7-14-32(38)40)34(41)37-29(17-23-10-5-4-6-11-23)31(39)22-35-20-24-12-9-13-27(16-24)42-2/h4-6,9-13,16,18-19,21,29,31,35-36,39H,3,7-8,14-15,17,20,22H2,1-2H3,(H,37,41)/t29-,31+/m0/s1. The van der Waals surface area contributed by atoms with Crippen LogP contribution in [0.25, 0.3) is 10.9 Å². The number of nitrogens with zero attached hydrogens (tertiary/aromatic N) is 1. The summed E-state index contributed by atoms with van der Waals surface area (Å²) in [6, 6.07) is 20.8. The van der Waals surface area contributed by atoms with Crippen molar-refractivity contribution in [3.63, 3.8) is 0 Å². The molecule has 1 aromatic heterocycles. The quantitative estimate of drug-likeness (QED) is 0.197. The van der Waals surface area contributed by atoms with Crippen molar-refractivity contribution < 1.29 is 19.4 Å². The van der Waals surface area contributed by atoms with Gasteiger partial charge < -0.3 is 30.4 Å². The van der Waals surface area contributed by atoms with E-state index in [1.807, 2.05) is 72.9 Å². The molecule has 2 atom stereocenters. The zero-order valence-corrected chi connectivity index (χ0v) is 24.4. The van der Waals surface area contributed by atoms with E-state index in [-0.39, 0.29) is 11.8 Å². The summed E-state index contributed by atoms with van der Waals surface area (Å²) in [5.41, 5.74) is 5.23. The van der Waals surface area contributed by atoms with Gasteiger partial charge in [0.2, 0.25) is 5.91 Å². The number of carbonyl (C=O) groups excluding carboxylic acids is 2. The number of amides is 2. The van der Waals surface area contributed by atoms with Gasteiger partial charge >= 0.3 is 0 Å². The Bertz CT molecular complexity index is 1520. The van der Waals surface area contributed by atoms with E-state index in [9.17, 15) is 14.7 Å². The number of nitrogens with one attached hydrogen (secondary N) is 3. The normalized spacial score (nSPS) is 15.0. The van der Waals surface area contributed by atoms with Gasteiger partial charge in [-0.1, -0.05) is 49.4 Å². The van der Waals surface area contributed by atoms with Gasteiger partial charge in [0, 0.05) is 43.2 Å². The second-order valence-electron chi connectivity index (χ2n) is 10.9. The third kappa shape index (κ3) is 6.83. The van der Waals surface area contributed by atoms with Crippen LogP contribution in [0.2, 0.25) is 0 Å². The van der Waals surface area contributed by atoms with Gasteiger partial charge in [-0.3, -0.25) is 9.59 Å². The third-order valence-corrected chi connectivity index (χ3v) is 8.01. The molecule has 0 aliphatic carbocycles. The minimum absolute atomic E-state index is 0.0762. The summed E-state index contributed by atoms with van der Waals surface area (Å²) in [5, 5.41) is 18.7. The minimum atomic E-state index is -0.843. The summed E-state index contributed by atoms with van der Waals surface area (Å²) in [4.78, 5) is 31.8. The van der Waals surface area contributed by atoms with E-state index in [0.29, 0.717) is 38.0 Å². The fraction of sp³-hybridized carbons (Fsp3) is 0.353. The maximum absolute atomic E-state index is 13.8. The SMILES string of the molecule is CCc1c[nH]c2c(N3CCCCC3=O)cc(C(=O)N[C@@H](Cc3ccccc3)[C@H](O)CNCc3cccc(OC)c3)cc12. The molecule has 1 aliphatic rings. The van der Waals surface area contributed by atoms with E-state index in [0.717, 1.165) is 58.3 Å². The van der Waals surface area contributed by atoms with Gasteiger partial charge in [-0.2, -0.15) is 0 Å². The van der Waals surface area contributed by atoms with Crippen LogP contribution in [0.1, 0.15) is 53.2 Å². The summed E-state index contributed by atoms with van der Waals surface area (Å²) in [6.07, 6.45) is 4.71. The van der Waals surface area contributed by atoms with E-state index in [1.54, 1.807) is 12.0 Å². The van der Waals surface area contributed by atoms with Crippen molar-refractivity contribution in [2.45, 2.75) is 57.7 Å². The molecule has 8 heteroatoms. The number of aromatic amines is 1. The summed E-state index contributed by atoms with van der Waals surface area (Å²) in [5.74, 6) is 0.575. The monoisotopic (exact) mass is 568 g/mol. The molecule has 5 rings (SSSR count). The van der Waals surface area contributed by atoms with Gasteiger partial charge in [0.1, 0.15) is 5.75 Å². The van der Waals surface area contributed by atoms with E-state index >= 15 is 0 Å². The molecule has 4 N–H and O–H groups in total. The number of rotatable bonds is 12. The van der Waals surface area contributed by atoms with Gasteiger partial charge in [0.15, 0.2) is 0 Å². The average molecular weight is 569 g/mol. The van der Waals surface area contributed by atoms with Crippen molar-refractivity contribution in [1.29, 1.82) is 0 Å². The van der Waals surface area contributed by atoms with E-state index < -0.39 is 12.1 Å². The number of aromatic nitrogens is 1. The highest BCUT2D eigenvalue weighted by Gasteiger charge is 2.26. The Labute approximate surface area is 247 Å². The number of H-pyrrole nitrogens is 1. The predicted octanol–water partition coefficient (Wildman–Crippen LogP) is 4.75. The van der Waals surface area contributed by atoms with Crippen molar-refractivity contribution in [1.82, 2.24) is 15.6 Å². The first kappa shape index (κ1) is 29.4. The molecule has 3 aromatic carbocycles. The maximum Gasteiger partial charge on any atom is 0.251 e. The van der Waals surface area contributed by atoms with Crippen molar-refractivity contribution in [3.05, 3.63) is 95.2 Å². The lowest BCUT2D eigenvalue weighted by molar-refractivity contribution is -0.119. The molecule has 4 aromatic rings. The number of piperidine rings is 1. The Kier molecular flexibility index (Phi) is 9.56. The number of aliphatic hydroxyl groups excluding tert-OH is 1. The molecular weight excluding hydrogens is 528 g/mol. The number of fused-ring (bicyclic) bond motifs is 1. The number of aliphatic hydroxyl groups is 1. The lowest BCUT2D eigenvalue weighted by Crippen LogP contribution is -2.48. The van der Waals surface area contributed by atoms with Crippen LogP contribution in [0, 0.1) is 0 Å². The van der Waals surface area contributed by atoms with Gasteiger partial charge in [-0.25, -0.2) is 0 Å². The van der Waals surface area contributed by atoms with Crippen molar-refractivity contribution in [2.24, 2.45) is 0 Å². The van der Waals surface area contributed by atoms with Crippen LogP contribution >= 0.6 is 0 Å². The second kappa shape index (κ2) is 13.7. The lowest BCUT2D eigenvalue weighted by atomic mass is 9.99. The van der Waals surface area contributed by atoms with E-state index in [2.05, 4.69) is 22.5 Å². The average Bonchev–Trinajstić information content (AvgIpc) is 3.44. The minimum Gasteiger partial charge on any atom is -0.497 e. The molecular formula is C34H40N4O4. The molecule has 2 heterocycles. The Hall–Kier alpha value is -4.14. The zero-order chi connectivity index (χ0) is 29.5. The van der Waals surface area contributed by atoms with Crippen molar-refractivity contribution in [2.75, 3.05) is 25.1 Å². The van der Waals surface area contributed by atoms with Crippen molar-refractivity contribution >= 4 is 28.4 Å². The maximum atomic E-state index is 13.8. The molecule has 1 saturated heterocycles. The number of methoxy groups -OCH3 is 1. The summed E-state index contributed by atoms with van der Waals surface area (Å²) in [7, 11) is 1.64. The smallest absolute Gasteiger partial charge is 0.251 e. The number of carbonyl (C=O) groups is 2. The van der Waals surface area contributed by atoms with Crippen molar-refractivity contribution in [3.8, 4) is 5.75 Å².